The molecule has 2 heterocycles. The third-order valence-electron chi connectivity index (χ3n) is 5.88. The lowest BCUT2D eigenvalue weighted by Gasteiger charge is -2.32. The Hall–Kier alpha value is -2.04. The second-order valence-electron chi connectivity index (χ2n) is 7.36. The van der Waals surface area contributed by atoms with Crippen molar-refractivity contribution in [1.29, 1.82) is 0 Å². The standard InChI is InChI=1S/C22H26ClN2O2/c1-16-22(26,17-7-9-18(23)10-8-17)25(19-11-13-20(27-2)14-12-19)21-6-4-3-5-15-24(16)21/h7-14,16,26H,3-6,15H2,1-2H3/q+1. The summed E-state index contributed by atoms with van der Waals surface area (Å²) in [7, 11) is 1.67. The van der Waals surface area contributed by atoms with E-state index in [1.165, 1.54) is 12.3 Å². The molecule has 0 aliphatic carbocycles. The van der Waals surface area contributed by atoms with Crippen molar-refractivity contribution in [3.05, 3.63) is 59.1 Å². The number of methoxy groups -OCH3 is 1. The normalized spacial score (nSPS) is 25.3. The summed E-state index contributed by atoms with van der Waals surface area (Å²) >= 11 is 6.11. The van der Waals surface area contributed by atoms with E-state index in [-0.39, 0.29) is 6.04 Å². The van der Waals surface area contributed by atoms with Gasteiger partial charge in [0.15, 0.2) is 6.04 Å². The molecule has 0 radical (unpaired) electrons. The zero-order valence-corrected chi connectivity index (χ0v) is 16.6. The third-order valence-corrected chi connectivity index (χ3v) is 6.13. The van der Waals surface area contributed by atoms with Crippen LogP contribution in [0, 0.1) is 0 Å². The minimum Gasteiger partial charge on any atom is -0.497 e. The number of nitrogens with zero attached hydrogens (tertiary/aromatic N) is 2. The Morgan fingerprint density at radius 1 is 1.07 bits per heavy atom. The zero-order chi connectivity index (χ0) is 19.0. The number of hydrogen-bond acceptors (Lipinski definition) is 3. The van der Waals surface area contributed by atoms with E-state index in [1.807, 2.05) is 48.5 Å². The van der Waals surface area contributed by atoms with E-state index < -0.39 is 5.72 Å². The van der Waals surface area contributed by atoms with Gasteiger partial charge >= 0.3 is 0 Å². The van der Waals surface area contributed by atoms with Crippen LogP contribution in [0.4, 0.5) is 5.69 Å². The van der Waals surface area contributed by atoms with Gasteiger partial charge in [0.1, 0.15) is 11.4 Å². The molecule has 2 aliphatic rings. The summed E-state index contributed by atoms with van der Waals surface area (Å²) in [6, 6.07) is 15.4. The van der Waals surface area contributed by atoms with Gasteiger partial charge in [-0.2, -0.15) is 4.90 Å². The van der Waals surface area contributed by atoms with E-state index in [4.69, 9.17) is 16.3 Å². The smallest absolute Gasteiger partial charge is 0.278 e. The van der Waals surface area contributed by atoms with E-state index in [9.17, 15) is 5.11 Å². The molecule has 0 amide bonds. The van der Waals surface area contributed by atoms with Crippen molar-refractivity contribution in [3.8, 4) is 5.75 Å². The highest BCUT2D eigenvalue weighted by molar-refractivity contribution is 6.30. The van der Waals surface area contributed by atoms with Crippen molar-refractivity contribution >= 4 is 23.1 Å². The lowest BCUT2D eigenvalue weighted by molar-refractivity contribution is -0.571. The molecule has 2 atom stereocenters. The summed E-state index contributed by atoms with van der Waals surface area (Å²) in [5.41, 5.74) is 0.682. The Morgan fingerprint density at radius 2 is 1.78 bits per heavy atom. The van der Waals surface area contributed by atoms with E-state index in [1.54, 1.807) is 7.11 Å². The summed E-state index contributed by atoms with van der Waals surface area (Å²) in [4.78, 5) is 2.12. The van der Waals surface area contributed by atoms with Crippen LogP contribution in [-0.4, -0.2) is 35.2 Å². The fraction of sp³-hybridized carbons (Fsp3) is 0.409. The van der Waals surface area contributed by atoms with Gasteiger partial charge in [0.25, 0.3) is 11.6 Å². The summed E-state index contributed by atoms with van der Waals surface area (Å²) in [5, 5.41) is 12.7. The highest BCUT2D eigenvalue weighted by atomic mass is 35.5. The molecule has 27 heavy (non-hydrogen) atoms. The van der Waals surface area contributed by atoms with Crippen LogP contribution in [-0.2, 0) is 5.72 Å². The number of aliphatic hydroxyl groups is 1. The van der Waals surface area contributed by atoms with E-state index >= 15 is 0 Å². The molecule has 1 N–H and O–H groups in total. The first-order valence-corrected chi connectivity index (χ1v) is 9.98. The number of ether oxygens (including phenoxy) is 1. The largest absolute Gasteiger partial charge is 0.497 e. The molecular formula is C22H26ClN2O2+. The average Bonchev–Trinajstić information content (AvgIpc) is 2.85. The van der Waals surface area contributed by atoms with Crippen LogP contribution in [0.15, 0.2) is 48.5 Å². The minimum atomic E-state index is -1.15. The molecule has 2 aromatic carbocycles. The molecule has 2 unspecified atom stereocenters. The van der Waals surface area contributed by atoms with Gasteiger partial charge in [-0.15, -0.1) is 0 Å². The first-order chi connectivity index (χ1) is 13.1. The summed E-state index contributed by atoms with van der Waals surface area (Å²) in [6.07, 6.45) is 4.48. The third kappa shape index (κ3) is 3.01. The van der Waals surface area contributed by atoms with Crippen molar-refractivity contribution in [3.63, 3.8) is 0 Å². The van der Waals surface area contributed by atoms with E-state index in [0.717, 1.165) is 42.8 Å². The van der Waals surface area contributed by atoms with Gasteiger partial charge in [0.05, 0.1) is 13.7 Å². The lowest BCUT2D eigenvalue weighted by Crippen LogP contribution is -2.51. The number of halogens is 1. The zero-order valence-electron chi connectivity index (χ0n) is 15.9. The molecule has 0 spiro atoms. The molecule has 4 nitrogen and oxygen atoms in total. The van der Waals surface area contributed by atoms with E-state index in [0.29, 0.717) is 5.02 Å². The van der Waals surface area contributed by atoms with Crippen molar-refractivity contribution in [1.82, 2.24) is 0 Å². The number of benzene rings is 2. The quantitative estimate of drug-likeness (QED) is 0.796. The number of amidine groups is 1. The second kappa shape index (κ2) is 7.17. The van der Waals surface area contributed by atoms with Crippen molar-refractivity contribution in [2.45, 2.75) is 44.4 Å². The molecule has 0 aromatic heterocycles. The Morgan fingerprint density at radius 3 is 2.44 bits per heavy atom. The van der Waals surface area contributed by atoms with E-state index in [2.05, 4.69) is 16.4 Å². The van der Waals surface area contributed by atoms with Crippen LogP contribution in [0.2, 0.25) is 5.02 Å². The monoisotopic (exact) mass is 385 g/mol. The summed E-state index contributed by atoms with van der Waals surface area (Å²) in [6.45, 7) is 3.09. The SMILES string of the molecule is COc1ccc(N2C3=[N+](CCCCC3)C(C)C2(O)c2ccc(Cl)cc2)cc1. The predicted octanol–water partition coefficient (Wildman–Crippen LogP) is 4.39. The van der Waals surface area contributed by atoms with Crippen molar-refractivity contribution in [2.24, 2.45) is 0 Å². The highest BCUT2D eigenvalue weighted by Crippen LogP contribution is 2.42. The number of hydrogen-bond donors (Lipinski definition) is 1. The van der Waals surface area contributed by atoms with Gasteiger partial charge in [-0.3, -0.25) is 4.58 Å². The number of anilines is 1. The van der Waals surface area contributed by atoms with Gasteiger partial charge in [-0.25, -0.2) is 0 Å². The molecule has 142 valence electrons. The van der Waals surface area contributed by atoms with Gasteiger partial charge in [-0.1, -0.05) is 23.7 Å². The predicted molar refractivity (Wildman–Crippen MR) is 109 cm³/mol. The molecular weight excluding hydrogens is 360 g/mol. The van der Waals surface area contributed by atoms with Crippen molar-refractivity contribution in [2.75, 3.05) is 18.6 Å². The molecule has 0 saturated carbocycles. The minimum absolute atomic E-state index is 0.0612. The number of rotatable bonds is 3. The fourth-order valence-corrected chi connectivity index (χ4v) is 4.54. The molecule has 0 bridgehead atoms. The van der Waals surface area contributed by atoms with Crippen LogP contribution in [0.5, 0.6) is 5.75 Å². The molecule has 0 saturated heterocycles. The fourth-order valence-electron chi connectivity index (χ4n) is 4.42. The van der Waals surface area contributed by atoms with Gasteiger partial charge in [0, 0.05) is 17.0 Å². The van der Waals surface area contributed by atoms with Crippen LogP contribution in [0.25, 0.3) is 0 Å². The topological polar surface area (TPSA) is 35.7 Å². The Bertz CT molecular complexity index is 848. The van der Waals surface area contributed by atoms with Gasteiger partial charge in [0.2, 0.25) is 0 Å². The molecule has 0 fully saturated rings. The first-order valence-electron chi connectivity index (χ1n) is 9.61. The first kappa shape index (κ1) is 18.3. The van der Waals surface area contributed by atoms with Gasteiger partial charge in [-0.05, 0) is 62.6 Å². The Kier molecular flexibility index (Phi) is 4.87. The van der Waals surface area contributed by atoms with Crippen LogP contribution in [0.1, 0.15) is 38.2 Å². The molecule has 5 heteroatoms. The maximum atomic E-state index is 12.1. The van der Waals surface area contributed by atoms with Crippen LogP contribution >= 0.6 is 11.6 Å². The maximum absolute atomic E-state index is 12.1. The summed E-state index contributed by atoms with van der Waals surface area (Å²) in [5.74, 6) is 2.01. The lowest BCUT2D eigenvalue weighted by atomic mass is 9.94. The van der Waals surface area contributed by atoms with Crippen LogP contribution < -0.4 is 9.64 Å². The Labute approximate surface area is 165 Å². The Balaban J connectivity index is 1.86. The highest BCUT2D eigenvalue weighted by Gasteiger charge is 2.59. The van der Waals surface area contributed by atoms with Crippen molar-refractivity contribution < 1.29 is 14.4 Å². The maximum Gasteiger partial charge on any atom is 0.278 e. The summed E-state index contributed by atoms with van der Waals surface area (Å²) < 4.78 is 7.70. The molecule has 4 rings (SSSR count). The van der Waals surface area contributed by atoms with Crippen LogP contribution in [0.3, 0.4) is 0 Å². The second-order valence-corrected chi connectivity index (χ2v) is 7.80. The molecule has 2 aromatic rings. The average molecular weight is 386 g/mol. The molecule has 2 aliphatic heterocycles. The van der Waals surface area contributed by atoms with Gasteiger partial charge < -0.3 is 9.84 Å².